The highest BCUT2D eigenvalue weighted by molar-refractivity contribution is 7.91. The number of H-pyrrole nitrogens is 1. The van der Waals surface area contributed by atoms with Crippen LogP contribution in [0.25, 0.3) is 0 Å². The standard InChI is InChI=1S/C19H25N3O5S2/c1-14-5-3-6-16(13-14)27-12-4-7-17(23)21-8-10-22(11-9-21)29(25,26)18-15(2)20-19(24)28-18/h3,5-6,13H,4,7-12H2,1-2H3,(H,20,24). The van der Waals surface area contributed by atoms with Gasteiger partial charge in [0.2, 0.25) is 5.91 Å². The fourth-order valence-corrected chi connectivity index (χ4v) is 6.07. The molecule has 1 aromatic carbocycles. The van der Waals surface area contributed by atoms with Crippen molar-refractivity contribution in [1.29, 1.82) is 0 Å². The van der Waals surface area contributed by atoms with Crippen LogP contribution in [0, 0.1) is 13.8 Å². The minimum atomic E-state index is -3.71. The van der Waals surface area contributed by atoms with Crippen molar-refractivity contribution in [3.8, 4) is 5.75 Å². The maximum atomic E-state index is 12.7. The van der Waals surface area contributed by atoms with Crippen LogP contribution in [0.4, 0.5) is 0 Å². The third-order valence-electron chi connectivity index (χ3n) is 4.74. The van der Waals surface area contributed by atoms with Gasteiger partial charge in [0, 0.05) is 38.3 Å². The van der Waals surface area contributed by atoms with E-state index in [0.29, 0.717) is 49.6 Å². The molecule has 1 aliphatic rings. The van der Waals surface area contributed by atoms with E-state index in [4.69, 9.17) is 4.74 Å². The van der Waals surface area contributed by atoms with E-state index in [0.717, 1.165) is 11.3 Å². The summed E-state index contributed by atoms with van der Waals surface area (Å²) in [5.41, 5.74) is 1.47. The number of benzene rings is 1. The summed E-state index contributed by atoms with van der Waals surface area (Å²) in [7, 11) is -3.71. The highest BCUT2D eigenvalue weighted by Crippen LogP contribution is 2.22. The van der Waals surface area contributed by atoms with Crippen LogP contribution >= 0.6 is 11.3 Å². The smallest absolute Gasteiger partial charge is 0.305 e. The molecule has 1 aromatic heterocycles. The summed E-state index contributed by atoms with van der Waals surface area (Å²) in [4.78, 5) is 27.6. The molecule has 2 aromatic rings. The monoisotopic (exact) mass is 439 g/mol. The van der Waals surface area contributed by atoms with Gasteiger partial charge in [-0.2, -0.15) is 4.31 Å². The zero-order chi connectivity index (χ0) is 21.0. The number of carbonyl (C=O) groups excluding carboxylic acids is 1. The molecule has 1 saturated heterocycles. The molecule has 10 heteroatoms. The molecule has 3 rings (SSSR count). The molecule has 8 nitrogen and oxygen atoms in total. The number of carbonyl (C=O) groups is 1. The molecule has 1 aliphatic heterocycles. The first-order valence-electron chi connectivity index (χ1n) is 9.44. The van der Waals surface area contributed by atoms with Crippen LogP contribution in [-0.4, -0.2) is 61.3 Å². The lowest BCUT2D eigenvalue weighted by atomic mass is 10.2. The van der Waals surface area contributed by atoms with E-state index in [1.807, 2.05) is 31.2 Å². The Balaban J connectivity index is 1.45. The molecule has 0 bridgehead atoms. The molecular formula is C19H25N3O5S2. The highest BCUT2D eigenvalue weighted by atomic mass is 32.2. The van der Waals surface area contributed by atoms with E-state index in [1.54, 1.807) is 11.8 Å². The van der Waals surface area contributed by atoms with Crippen LogP contribution in [0.15, 0.2) is 33.3 Å². The van der Waals surface area contributed by atoms with Crippen LogP contribution in [0.2, 0.25) is 0 Å². The predicted octanol–water partition coefficient (Wildman–Crippen LogP) is 1.75. The highest BCUT2D eigenvalue weighted by Gasteiger charge is 2.32. The number of amides is 1. The van der Waals surface area contributed by atoms with E-state index >= 15 is 0 Å². The molecule has 0 unspecified atom stereocenters. The van der Waals surface area contributed by atoms with Crippen LogP contribution in [0.1, 0.15) is 24.1 Å². The Kier molecular flexibility index (Phi) is 6.76. The summed E-state index contributed by atoms with van der Waals surface area (Å²) in [6.45, 7) is 5.15. The Bertz CT molecular complexity index is 1020. The van der Waals surface area contributed by atoms with E-state index in [2.05, 4.69) is 4.98 Å². The van der Waals surface area contributed by atoms with Gasteiger partial charge in [-0.15, -0.1) is 0 Å². The zero-order valence-electron chi connectivity index (χ0n) is 16.5. The van der Waals surface area contributed by atoms with Crippen LogP contribution in [0.3, 0.4) is 0 Å². The largest absolute Gasteiger partial charge is 0.494 e. The summed E-state index contributed by atoms with van der Waals surface area (Å²) in [6.07, 6.45) is 0.957. The van der Waals surface area contributed by atoms with Gasteiger partial charge in [0.05, 0.1) is 6.61 Å². The minimum absolute atomic E-state index is 0.00243. The number of sulfonamides is 1. The fraction of sp³-hybridized carbons (Fsp3) is 0.474. The lowest BCUT2D eigenvalue weighted by Crippen LogP contribution is -2.50. The number of piperazine rings is 1. The third kappa shape index (κ3) is 5.26. The van der Waals surface area contributed by atoms with Crippen LogP contribution in [-0.2, 0) is 14.8 Å². The molecule has 1 amide bonds. The summed E-state index contributed by atoms with van der Waals surface area (Å²) in [5, 5.41) is 0. The second kappa shape index (κ2) is 9.10. The van der Waals surface area contributed by atoms with Gasteiger partial charge in [-0.05, 0) is 38.0 Å². The summed E-state index contributed by atoms with van der Waals surface area (Å²) < 4.78 is 32.5. The van der Waals surface area contributed by atoms with E-state index < -0.39 is 10.0 Å². The molecule has 0 saturated carbocycles. The number of aromatic amines is 1. The number of nitrogens with zero attached hydrogens (tertiary/aromatic N) is 2. The topological polar surface area (TPSA) is 99.8 Å². The van der Waals surface area contributed by atoms with Gasteiger partial charge in [0.15, 0.2) is 4.21 Å². The Morgan fingerprint density at radius 1 is 1.21 bits per heavy atom. The molecular weight excluding hydrogens is 414 g/mol. The molecule has 1 N–H and O–H groups in total. The Morgan fingerprint density at radius 2 is 1.93 bits per heavy atom. The van der Waals surface area contributed by atoms with Crippen molar-refractivity contribution in [2.24, 2.45) is 0 Å². The van der Waals surface area contributed by atoms with Crippen molar-refractivity contribution < 1.29 is 17.9 Å². The lowest BCUT2D eigenvalue weighted by Gasteiger charge is -2.33. The lowest BCUT2D eigenvalue weighted by molar-refractivity contribution is -0.132. The summed E-state index contributed by atoms with van der Waals surface area (Å²) in [5.74, 6) is 0.788. The molecule has 2 heterocycles. The zero-order valence-corrected chi connectivity index (χ0v) is 18.1. The third-order valence-corrected chi connectivity index (χ3v) is 8.22. The molecule has 29 heavy (non-hydrogen) atoms. The Labute approximate surface area is 174 Å². The second-order valence-corrected chi connectivity index (χ2v) is 10.1. The van der Waals surface area contributed by atoms with Gasteiger partial charge in [-0.3, -0.25) is 9.59 Å². The van der Waals surface area contributed by atoms with Gasteiger partial charge < -0.3 is 14.6 Å². The number of nitrogens with one attached hydrogen (secondary N) is 1. The Hall–Kier alpha value is -2.17. The molecule has 1 fully saturated rings. The van der Waals surface area contributed by atoms with Gasteiger partial charge >= 0.3 is 4.87 Å². The fourth-order valence-electron chi connectivity index (χ4n) is 3.21. The number of hydrogen-bond acceptors (Lipinski definition) is 6. The first-order valence-corrected chi connectivity index (χ1v) is 11.7. The first kappa shape index (κ1) is 21.5. The number of aryl methyl sites for hydroxylation is 2. The quantitative estimate of drug-likeness (QED) is 0.663. The first-order chi connectivity index (χ1) is 13.8. The van der Waals surface area contributed by atoms with Gasteiger partial charge in [-0.25, -0.2) is 8.42 Å². The number of rotatable bonds is 7. The number of thiazole rings is 1. The Morgan fingerprint density at radius 3 is 2.55 bits per heavy atom. The van der Waals surface area contributed by atoms with Crippen molar-refractivity contribution in [3.63, 3.8) is 0 Å². The van der Waals surface area contributed by atoms with E-state index in [1.165, 1.54) is 4.31 Å². The SMILES string of the molecule is Cc1cccc(OCCCC(=O)N2CCN(S(=O)(=O)c3sc(=O)[nH]c3C)CC2)c1. The van der Waals surface area contributed by atoms with Crippen LogP contribution in [0.5, 0.6) is 5.75 Å². The predicted molar refractivity (Wildman–Crippen MR) is 111 cm³/mol. The van der Waals surface area contributed by atoms with Crippen molar-refractivity contribution in [2.75, 3.05) is 32.8 Å². The van der Waals surface area contributed by atoms with Gasteiger partial charge in [0.25, 0.3) is 10.0 Å². The molecule has 0 radical (unpaired) electrons. The van der Waals surface area contributed by atoms with Crippen molar-refractivity contribution >= 4 is 27.3 Å². The molecule has 158 valence electrons. The average Bonchev–Trinajstić information content (AvgIpc) is 3.04. The summed E-state index contributed by atoms with van der Waals surface area (Å²) >= 11 is 0.699. The van der Waals surface area contributed by atoms with E-state index in [-0.39, 0.29) is 28.1 Å². The average molecular weight is 440 g/mol. The second-order valence-electron chi connectivity index (χ2n) is 6.98. The normalized spacial score (nSPS) is 15.4. The van der Waals surface area contributed by atoms with Crippen molar-refractivity contribution in [3.05, 3.63) is 45.2 Å². The maximum Gasteiger partial charge on any atom is 0.305 e. The number of ether oxygens (including phenoxy) is 1. The number of hydrogen-bond donors (Lipinski definition) is 1. The van der Waals surface area contributed by atoms with Gasteiger partial charge in [0.1, 0.15) is 5.75 Å². The van der Waals surface area contributed by atoms with Gasteiger partial charge in [-0.1, -0.05) is 23.5 Å². The van der Waals surface area contributed by atoms with Crippen molar-refractivity contribution in [1.82, 2.24) is 14.2 Å². The molecule has 0 spiro atoms. The molecule has 0 aliphatic carbocycles. The van der Waals surface area contributed by atoms with Crippen molar-refractivity contribution in [2.45, 2.75) is 30.9 Å². The minimum Gasteiger partial charge on any atom is -0.494 e. The van der Waals surface area contributed by atoms with Crippen LogP contribution < -0.4 is 9.61 Å². The van der Waals surface area contributed by atoms with E-state index in [9.17, 15) is 18.0 Å². The molecule has 0 atom stereocenters. The summed E-state index contributed by atoms with van der Waals surface area (Å²) in [6, 6.07) is 7.76. The number of aromatic nitrogens is 1. The maximum absolute atomic E-state index is 12.7.